The third kappa shape index (κ3) is 3.89. The minimum absolute atomic E-state index is 0.0947. The van der Waals surface area contributed by atoms with E-state index in [0.29, 0.717) is 5.56 Å². The molecule has 4 nitrogen and oxygen atoms in total. The van der Waals surface area contributed by atoms with Crippen LogP contribution in [0, 0.1) is 10.1 Å². The number of hydrogen-bond acceptors (Lipinski definition) is 3. The molecule has 0 heterocycles. The molecule has 0 aliphatic carbocycles. The highest BCUT2D eigenvalue weighted by molar-refractivity contribution is 9.10. The molecule has 0 saturated carbocycles. The summed E-state index contributed by atoms with van der Waals surface area (Å²) in [5.74, 6) is 0. The Morgan fingerprint density at radius 1 is 1.10 bits per heavy atom. The van der Waals surface area contributed by atoms with Gasteiger partial charge in [0.2, 0.25) is 0 Å². The number of para-hydroxylation sites is 1. The largest absolute Gasteiger partial charge is 0.303 e. The normalized spacial score (nSPS) is 13.7. The summed E-state index contributed by atoms with van der Waals surface area (Å²) in [7, 11) is 0. The van der Waals surface area contributed by atoms with Crippen molar-refractivity contribution in [1.29, 1.82) is 0 Å². The maximum absolute atomic E-state index is 11.1. The first kappa shape index (κ1) is 15.7. The van der Waals surface area contributed by atoms with Crippen molar-refractivity contribution in [2.45, 2.75) is 25.9 Å². The Morgan fingerprint density at radius 2 is 1.81 bits per heavy atom. The van der Waals surface area contributed by atoms with Gasteiger partial charge in [0.05, 0.1) is 4.92 Å². The Labute approximate surface area is 132 Å². The molecule has 0 aliphatic heterocycles. The van der Waals surface area contributed by atoms with Gasteiger partial charge in [-0.2, -0.15) is 0 Å². The fourth-order valence-corrected chi connectivity index (χ4v) is 2.77. The molecule has 2 atom stereocenters. The zero-order valence-corrected chi connectivity index (χ0v) is 13.5. The van der Waals surface area contributed by atoms with Crippen molar-refractivity contribution < 1.29 is 4.92 Å². The highest BCUT2D eigenvalue weighted by Crippen LogP contribution is 2.27. The maximum Gasteiger partial charge on any atom is 0.274 e. The predicted molar refractivity (Wildman–Crippen MR) is 87.2 cm³/mol. The number of nitrogens with zero attached hydrogens (tertiary/aromatic N) is 1. The van der Waals surface area contributed by atoms with E-state index in [0.717, 1.165) is 10.0 Å². The lowest BCUT2D eigenvalue weighted by atomic mass is 10.0. The minimum atomic E-state index is -0.336. The lowest BCUT2D eigenvalue weighted by Crippen LogP contribution is -2.23. The van der Waals surface area contributed by atoms with Crippen molar-refractivity contribution in [2.24, 2.45) is 0 Å². The van der Waals surface area contributed by atoms with Gasteiger partial charge >= 0.3 is 0 Å². The van der Waals surface area contributed by atoms with Gasteiger partial charge < -0.3 is 5.32 Å². The standard InChI is InChI=1S/C16H17BrN2O2/c1-11(13-6-5-7-14(17)10-13)18-12(2)15-8-3-4-9-16(15)19(20)21/h3-12,18H,1-2H3/t11-,12?/m0/s1. The number of benzene rings is 2. The second-order valence-corrected chi connectivity index (χ2v) is 5.90. The number of halogens is 1. The van der Waals surface area contributed by atoms with Crippen molar-refractivity contribution in [2.75, 3.05) is 0 Å². The molecule has 0 radical (unpaired) electrons. The molecule has 110 valence electrons. The van der Waals surface area contributed by atoms with Gasteiger partial charge in [-0.3, -0.25) is 10.1 Å². The second kappa shape index (κ2) is 6.83. The highest BCUT2D eigenvalue weighted by atomic mass is 79.9. The molecule has 0 amide bonds. The molecule has 2 rings (SSSR count). The number of nitro benzene ring substituents is 1. The molecule has 0 aliphatic rings. The quantitative estimate of drug-likeness (QED) is 0.625. The van der Waals surface area contributed by atoms with Crippen LogP contribution < -0.4 is 5.32 Å². The Balaban J connectivity index is 2.18. The molecule has 1 N–H and O–H groups in total. The summed E-state index contributed by atoms with van der Waals surface area (Å²) in [6.07, 6.45) is 0. The summed E-state index contributed by atoms with van der Waals surface area (Å²) in [6, 6.07) is 14.9. The van der Waals surface area contributed by atoms with E-state index in [1.807, 2.05) is 44.2 Å². The molecule has 0 aromatic heterocycles. The van der Waals surface area contributed by atoms with E-state index in [4.69, 9.17) is 0 Å². The molecule has 2 aromatic carbocycles. The second-order valence-electron chi connectivity index (χ2n) is 4.98. The molecular weight excluding hydrogens is 332 g/mol. The van der Waals surface area contributed by atoms with E-state index in [9.17, 15) is 10.1 Å². The number of nitrogens with one attached hydrogen (secondary N) is 1. The van der Waals surface area contributed by atoms with Crippen LogP contribution in [0.2, 0.25) is 0 Å². The van der Waals surface area contributed by atoms with Crippen LogP contribution in [0.5, 0.6) is 0 Å². The number of rotatable bonds is 5. The zero-order chi connectivity index (χ0) is 15.4. The predicted octanol–water partition coefficient (Wildman–Crippen LogP) is 4.77. The van der Waals surface area contributed by atoms with E-state index in [2.05, 4.69) is 21.2 Å². The van der Waals surface area contributed by atoms with Gasteiger partial charge in [0.25, 0.3) is 5.69 Å². The van der Waals surface area contributed by atoms with Crippen LogP contribution in [0.3, 0.4) is 0 Å². The molecule has 0 bridgehead atoms. The van der Waals surface area contributed by atoms with Crippen molar-refractivity contribution in [3.05, 3.63) is 74.2 Å². The molecule has 2 aromatic rings. The third-order valence-corrected chi connectivity index (χ3v) is 3.94. The van der Waals surface area contributed by atoms with Crippen LogP contribution in [0.1, 0.15) is 37.1 Å². The molecule has 5 heteroatoms. The van der Waals surface area contributed by atoms with Gasteiger partial charge in [-0.15, -0.1) is 0 Å². The van der Waals surface area contributed by atoms with E-state index in [1.165, 1.54) is 6.07 Å². The fourth-order valence-electron chi connectivity index (χ4n) is 2.36. The summed E-state index contributed by atoms with van der Waals surface area (Å²) in [5, 5.41) is 14.5. The zero-order valence-electron chi connectivity index (χ0n) is 11.9. The van der Waals surface area contributed by atoms with E-state index in [1.54, 1.807) is 12.1 Å². The van der Waals surface area contributed by atoms with Crippen LogP contribution in [0.15, 0.2) is 53.0 Å². The monoisotopic (exact) mass is 348 g/mol. The molecule has 0 saturated heterocycles. The van der Waals surface area contributed by atoms with Crippen LogP contribution in [0.4, 0.5) is 5.69 Å². The van der Waals surface area contributed by atoms with Crippen LogP contribution in [-0.2, 0) is 0 Å². The lowest BCUT2D eigenvalue weighted by molar-refractivity contribution is -0.385. The topological polar surface area (TPSA) is 55.2 Å². The summed E-state index contributed by atoms with van der Waals surface area (Å²) in [6.45, 7) is 3.99. The average Bonchev–Trinajstić information content (AvgIpc) is 2.47. The fraction of sp³-hybridized carbons (Fsp3) is 0.250. The summed E-state index contributed by atoms with van der Waals surface area (Å²) >= 11 is 3.46. The Hall–Kier alpha value is -1.72. The summed E-state index contributed by atoms with van der Waals surface area (Å²) < 4.78 is 1.02. The number of hydrogen-bond donors (Lipinski definition) is 1. The van der Waals surface area contributed by atoms with Gasteiger partial charge in [-0.1, -0.05) is 46.3 Å². The van der Waals surface area contributed by atoms with Gasteiger partial charge in [-0.25, -0.2) is 0 Å². The van der Waals surface area contributed by atoms with Crippen LogP contribution >= 0.6 is 15.9 Å². The van der Waals surface area contributed by atoms with E-state index < -0.39 is 0 Å². The first-order chi connectivity index (χ1) is 9.99. The molecule has 0 spiro atoms. The van der Waals surface area contributed by atoms with E-state index >= 15 is 0 Å². The van der Waals surface area contributed by atoms with Gasteiger partial charge in [0.1, 0.15) is 0 Å². The first-order valence-electron chi connectivity index (χ1n) is 6.74. The lowest BCUT2D eigenvalue weighted by Gasteiger charge is -2.21. The molecule has 0 fully saturated rings. The molecule has 1 unspecified atom stereocenters. The van der Waals surface area contributed by atoms with Crippen LogP contribution in [-0.4, -0.2) is 4.92 Å². The van der Waals surface area contributed by atoms with Crippen molar-refractivity contribution >= 4 is 21.6 Å². The maximum atomic E-state index is 11.1. The highest BCUT2D eigenvalue weighted by Gasteiger charge is 2.19. The Kier molecular flexibility index (Phi) is 5.09. The van der Waals surface area contributed by atoms with Gasteiger partial charge in [0.15, 0.2) is 0 Å². The van der Waals surface area contributed by atoms with Crippen molar-refractivity contribution in [3.63, 3.8) is 0 Å². The van der Waals surface area contributed by atoms with Gasteiger partial charge in [-0.05, 0) is 31.5 Å². The minimum Gasteiger partial charge on any atom is -0.303 e. The molecular formula is C16H17BrN2O2. The first-order valence-corrected chi connectivity index (χ1v) is 7.53. The SMILES string of the molecule is CC(N[C@@H](C)c1cccc(Br)c1)c1ccccc1[N+](=O)[O-]. The average molecular weight is 349 g/mol. The summed E-state index contributed by atoms with van der Waals surface area (Å²) in [5.41, 5.74) is 1.98. The summed E-state index contributed by atoms with van der Waals surface area (Å²) in [4.78, 5) is 10.8. The van der Waals surface area contributed by atoms with Crippen molar-refractivity contribution in [3.8, 4) is 0 Å². The van der Waals surface area contributed by atoms with Crippen molar-refractivity contribution in [1.82, 2.24) is 5.32 Å². The number of nitro groups is 1. The van der Waals surface area contributed by atoms with Gasteiger partial charge in [0, 0.05) is 28.2 Å². The third-order valence-electron chi connectivity index (χ3n) is 3.45. The Morgan fingerprint density at radius 3 is 2.48 bits per heavy atom. The smallest absolute Gasteiger partial charge is 0.274 e. The Bertz CT molecular complexity index is 646. The molecule has 21 heavy (non-hydrogen) atoms. The van der Waals surface area contributed by atoms with Crippen LogP contribution in [0.25, 0.3) is 0 Å². The van der Waals surface area contributed by atoms with E-state index in [-0.39, 0.29) is 22.7 Å².